The van der Waals surface area contributed by atoms with Crippen molar-refractivity contribution in [3.63, 3.8) is 0 Å². The van der Waals surface area contributed by atoms with Crippen molar-refractivity contribution in [3.8, 4) is 11.3 Å². The Kier molecular flexibility index (Phi) is 5.65. The highest BCUT2D eigenvalue weighted by molar-refractivity contribution is 6.33. The number of piperazine rings is 1. The Morgan fingerprint density at radius 1 is 1.26 bits per heavy atom. The Morgan fingerprint density at radius 2 is 1.93 bits per heavy atom. The summed E-state index contributed by atoms with van der Waals surface area (Å²) in [6.45, 7) is 4.98. The van der Waals surface area contributed by atoms with Crippen molar-refractivity contribution in [2.75, 3.05) is 32.8 Å². The van der Waals surface area contributed by atoms with Gasteiger partial charge < -0.3 is 19.1 Å². The zero-order valence-corrected chi connectivity index (χ0v) is 15.8. The molecule has 2 amide bonds. The second kappa shape index (κ2) is 7.96. The minimum atomic E-state index is -0.586. The molecule has 27 heavy (non-hydrogen) atoms. The fourth-order valence-corrected chi connectivity index (χ4v) is 3.24. The summed E-state index contributed by atoms with van der Waals surface area (Å²) in [4.78, 5) is 27.9. The van der Waals surface area contributed by atoms with Gasteiger partial charge in [0.05, 0.1) is 17.2 Å². The van der Waals surface area contributed by atoms with E-state index in [1.807, 2.05) is 0 Å². The van der Waals surface area contributed by atoms with Crippen LogP contribution >= 0.6 is 11.6 Å². The number of halogens is 2. The predicted molar refractivity (Wildman–Crippen MR) is 96.1 cm³/mol. The van der Waals surface area contributed by atoms with Crippen LogP contribution in [0.4, 0.5) is 9.18 Å². The van der Waals surface area contributed by atoms with Crippen molar-refractivity contribution in [1.82, 2.24) is 15.0 Å². The summed E-state index contributed by atoms with van der Waals surface area (Å²) in [5.74, 6) is -0.647. The van der Waals surface area contributed by atoms with E-state index in [0.29, 0.717) is 32.8 Å². The first-order chi connectivity index (χ1) is 12.9. The predicted octanol–water partition coefficient (Wildman–Crippen LogP) is 3.36. The highest BCUT2D eigenvalue weighted by atomic mass is 35.5. The lowest BCUT2D eigenvalue weighted by atomic mass is 10.0. The molecule has 0 N–H and O–H groups in total. The average Bonchev–Trinajstić information content (AvgIpc) is 3.02. The topological polar surface area (TPSA) is 75.9 Å². The van der Waals surface area contributed by atoms with E-state index in [0.717, 1.165) is 0 Å². The Morgan fingerprint density at radius 3 is 2.56 bits per heavy atom. The molecule has 1 saturated heterocycles. The summed E-state index contributed by atoms with van der Waals surface area (Å²) in [5.41, 5.74) is 0.282. The number of benzene rings is 1. The van der Waals surface area contributed by atoms with Gasteiger partial charge in [-0.2, -0.15) is 0 Å². The Bertz CT molecular complexity index is 842. The third-order valence-electron chi connectivity index (χ3n) is 4.37. The molecule has 7 nitrogen and oxygen atoms in total. The molecule has 0 bridgehead atoms. The number of carbonyl (C=O) groups is 2. The molecule has 3 rings (SSSR count). The van der Waals surface area contributed by atoms with E-state index in [-0.39, 0.29) is 33.5 Å². The van der Waals surface area contributed by atoms with Gasteiger partial charge in [0.25, 0.3) is 5.91 Å². The van der Waals surface area contributed by atoms with Gasteiger partial charge in [-0.15, -0.1) is 0 Å². The molecule has 2 heterocycles. The summed E-state index contributed by atoms with van der Waals surface area (Å²) in [6.07, 6.45) is -0.399. The normalized spacial score (nSPS) is 14.4. The lowest BCUT2D eigenvalue weighted by molar-refractivity contribution is 0.0569. The van der Waals surface area contributed by atoms with Gasteiger partial charge in [0, 0.05) is 26.2 Å². The van der Waals surface area contributed by atoms with Crippen molar-refractivity contribution in [2.45, 2.75) is 13.8 Å². The van der Waals surface area contributed by atoms with E-state index in [9.17, 15) is 14.0 Å². The largest absolute Gasteiger partial charge is 0.450 e. The van der Waals surface area contributed by atoms with Crippen LogP contribution in [0.15, 0.2) is 22.7 Å². The molecule has 0 unspecified atom stereocenters. The minimum absolute atomic E-state index is 0.0320. The first-order valence-corrected chi connectivity index (χ1v) is 8.93. The summed E-state index contributed by atoms with van der Waals surface area (Å²) >= 11 is 6.11. The summed E-state index contributed by atoms with van der Waals surface area (Å²) in [6, 6.07) is 4.25. The number of aromatic nitrogens is 1. The maximum atomic E-state index is 14.3. The molecule has 1 aliphatic rings. The number of nitrogens with zero attached hydrogens (tertiary/aromatic N) is 3. The van der Waals surface area contributed by atoms with Gasteiger partial charge in [-0.25, -0.2) is 9.18 Å². The van der Waals surface area contributed by atoms with Crippen LogP contribution in [-0.4, -0.2) is 59.7 Å². The van der Waals surface area contributed by atoms with E-state index in [2.05, 4.69) is 5.16 Å². The van der Waals surface area contributed by atoms with Crippen molar-refractivity contribution in [1.29, 1.82) is 0 Å². The summed E-state index contributed by atoms with van der Waals surface area (Å²) in [5, 5.41) is 4.00. The van der Waals surface area contributed by atoms with Gasteiger partial charge in [-0.05, 0) is 26.0 Å². The van der Waals surface area contributed by atoms with Gasteiger partial charge in [-0.3, -0.25) is 4.79 Å². The maximum absolute atomic E-state index is 14.3. The van der Waals surface area contributed by atoms with Crippen molar-refractivity contribution in [2.24, 2.45) is 0 Å². The fourth-order valence-electron chi connectivity index (χ4n) is 2.98. The van der Waals surface area contributed by atoms with Gasteiger partial charge in [0.2, 0.25) is 0 Å². The number of rotatable bonds is 3. The molecule has 144 valence electrons. The van der Waals surface area contributed by atoms with Crippen LogP contribution < -0.4 is 0 Å². The van der Waals surface area contributed by atoms with Crippen LogP contribution in [0.25, 0.3) is 11.3 Å². The quantitative estimate of drug-likeness (QED) is 0.796. The van der Waals surface area contributed by atoms with E-state index < -0.39 is 11.9 Å². The second-order valence-corrected chi connectivity index (χ2v) is 6.44. The van der Waals surface area contributed by atoms with Gasteiger partial charge in [-0.1, -0.05) is 22.8 Å². The van der Waals surface area contributed by atoms with Gasteiger partial charge in [0.1, 0.15) is 22.8 Å². The first-order valence-electron chi connectivity index (χ1n) is 8.55. The van der Waals surface area contributed by atoms with E-state index in [1.165, 1.54) is 18.2 Å². The van der Waals surface area contributed by atoms with E-state index in [1.54, 1.807) is 23.6 Å². The van der Waals surface area contributed by atoms with Crippen LogP contribution in [-0.2, 0) is 4.74 Å². The number of hydrogen-bond donors (Lipinski definition) is 0. The monoisotopic (exact) mass is 395 g/mol. The number of ether oxygens (including phenoxy) is 1. The number of carbonyl (C=O) groups excluding carboxylic acids is 2. The molecular formula is C18H19ClFN3O4. The molecule has 1 aromatic heterocycles. The molecule has 9 heteroatoms. The molecular weight excluding hydrogens is 377 g/mol. The molecule has 1 fully saturated rings. The summed E-state index contributed by atoms with van der Waals surface area (Å²) < 4.78 is 24.4. The molecule has 1 aromatic carbocycles. The maximum Gasteiger partial charge on any atom is 0.409 e. The average molecular weight is 396 g/mol. The van der Waals surface area contributed by atoms with Crippen LogP contribution in [0.2, 0.25) is 5.02 Å². The Hall–Kier alpha value is -2.61. The van der Waals surface area contributed by atoms with Gasteiger partial charge in [0.15, 0.2) is 0 Å². The second-order valence-electron chi connectivity index (χ2n) is 6.04. The van der Waals surface area contributed by atoms with Crippen LogP contribution in [0.3, 0.4) is 0 Å². The lowest BCUT2D eigenvalue weighted by Crippen LogP contribution is -2.50. The third kappa shape index (κ3) is 3.75. The van der Waals surface area contributed by atoms with Crippen molar-refractivity contribution < 1.29 is 23.2 Å². The lowest BCUT2D eigenvalue weighted by Gasteiger charge is -2.34. The molecule has 0 saturated carbocycles. The van der Waals surface area contributed by atoms with Crippen molar-refractivity contribution >= 4 is 23.6 Å². The molecule has 0 spiro atoms. The molecule has 0 radical (unpaired) electrons. The molecule has 0 atom stereocenters. The van der Waals surface area contributed by atoms with Crippen LogP contribution in [0.5, 0.6) is 0 Å². The first kappa shape index (κ1) is 19.2. The number of amides is 2. The summed E-state index contributed by atoms with van der Waals surface area (Å²) in [7, 11) is 0. The Balaban J connectivity index is 1.83. The SMILES string of the molecule is CCOC(=O)N1CCN(C(=O)c2c(-c3c(F)cccc3Cl)noc2C)CC1. The molecule has 0 aliphatic carbocycles. The highest BCUT2D eigenvalue weighted by Crippen LogP contribution is 2.34. The fraction of sp³-hybridized carbons (Fsp3) is 0.389. The number of aryl methyl sites for hydroxylation is 1. The van der Waals surface area contributed by atoms with Gasteiger partial charge >= 0.3 is 6.09 Å². The van der Waals surface area contributed by atoms with Crippen molar-refractivity contribution in [3.05, 3.63) is 40.4 Å². The minimum Gasteiger partial charge on any atom is -0.450 e. The highest BCUT2D eigenvalue weighted by Gasteiger charge is 2.31. The third-order valence-corrected chi connectivity index (χ3v) is 4.68. The zero-order chi connectivity index (χ0) is 19.6. The smallest absolute Gasteiger partial charge is 0.409 e. The van der Waals surface area contributed by atoms with E-state index >= 15 is 0 Å². The van der Waals surface area contributed by atoms with Crippen LogP contribution in [0, 0.1) is 12.7 Å². The number of hydrogen-bond acceptors (Lipinski definition) is 5. The van der Waals surface area contributed by atoms with Crippen LogP contribution in [0.1, 0.15) is 23.0 Å². The Labute approximate surface area is 160 Å². The van der Waals surface area contributed by atoms with E-state index in [4.69, 9.17) is 20.9 Å². The molecule has 2 aromatic rings. The zero-order valence-electron chi connectivity index (χ0n) is 15.0. The molecule has 1 aliphatic heterocycles. The standard InChI is InChI=1S/C18H19ClFN3O4/c1-3-26-18(25)23-9-7-22(8-10-23)17(24)14-11(2)27-21-16(14)15-12(19)5-4-6-13(15)20/h4-6H,3,7-10H2,1-2H3.